The summed E-state index contributed by atoms with van der Waals surface area (Å²) in [5, 5.41) is 9.22. The van der Waals surface area contributed by atoms with Crippen molar-refractivity contribution in [3.8, 4) is 0 Å². The molecule has 1 aromatic carbocycles. The van der Waals surface area contributed by atoms with E-state index < -0.39 is 0 Å². The summed E-state index contributed by atoms with van der Waals surface area (Å²) < 4.78 is 0. The third-order valence-corrected chi connectivity index (χ3v) is 3.34. The molecule has 0 bridgehead atoms. The Morgan fingerprint density at radius 2 is 1.93 bits per heavy atom. The van der Waals surface area contributed by atoms with Crippen molar-refractivity contribution in [2.75, 3.05) is 34.8 Å². The predicted molar refractivity (Wildman–Crippen MR) is 111 cm³/mol. The van der Waals surface area contributed by atoms with Gasteiger partial charge in [0.1, 0.15) is 0 Å². The van der Waals surface area contributed by atoms with E-state index in [0.717, 1.165) is 5.69 Å². The van der Waals surface area contributed by atoms with Crippen molar-refractivity contribution in [3.63, 3.8) is 0 Å². The Bertz CT molecular complexity index is 842. The van der Waals surface area contributed by atoms with Crippen LogP contribution in [-0.4, -0.2) is 28.0 Å². The number of nitrogens with two attached hydrogens (primary N) is 3. The van der Waals surface area contributed by atoms with Crippen molar-refractivity contribution in [3.05, 3.63) is 60.5 Å². The van der Waals surface area contributed by atoms with Crippen molar-refractivity contribution >= 4 is 29.2 Å². The highest BCUT2D eigenvalue weighted by Gasteiger charge is 2.08. The monoisotopic (exact) mass is 367 g/mol. The number of rotatable bonds is 9. The van der Waals surface area contributed by atoms with Gasteiger partial charge in [-0.05, 0) is 37.3 Å². The van der Waals surface area contributed by atoms with Gasteiger partial charge in [0.2, 0.25) is 17.8 Å². The van der Waals surface area contributed by atoms with Crippen molar-refractivity contribution in [2.45, 2.75) is 6.92 Å². The number of benzene rings is 1. The van der Waals surface area contributed by atoms with Gasteiger partial charge >= 0.3 is 0 Å². The van der Waals surface area contributed by atoms with Gasteiger partial charge in [-0.15, -0.1) is 0 Å². The van der Waals surface area contributed by atoms with E-state index in [2.05, 4.69) is 37.5 Å². The maximum atomic E-state index is 5.84. The smallest absolute Gasteiger partial charge is 0.233 e. The Labute approximate surface area is 158 Å². The van der Waals surface area contributed by atoms with Crippen LogP contribution in [-0.2, 0) is 0 Å². The molecule has 0 saturated carbocycles. The molecule has 0 radical (unpaired) electrons. The summed E-state index contributed by atoms with van der Waals surface area (Å²) in [5.41, 5.74) is 19.8. The highest BCUT2D eigenvalue weighted by molar-refractivity contribution is 5.61. The third-order valence-electron chi connectivity index (χ3n) is 3.34. The normalized spacial score (nSPS) is 11.8. The number of hydrogen-bond acceptors (Lipinski definition) is 9. The maximum absolute atomic E-state index is 5.84. The molecule has 1 heterocycles. The summed E-state index contributed by atoms with van der Waals surface area (Å²) in [5.74, 6) is 1.05. The van der Waals surface area contributed by atoms with Crippen molar-refractivity contribution in [1.29, 1.82) is 0 Å². The highest BCUT2D eigenvalue weighted by atomic mass is 15.3. The van der Waals surface area contributed by atoms with Crippen molar-refractivity contribution in [1.82, 2.24) is 15.0 Å². The molecule has 0 aliphatic rings. The lowest BCUT2D eigenvalue weighted by atomic mass is 10.3. The van der Waals surface area contributed by atoms with Gasteiger partial charge in [0.15, 0.2) is 0 Å². The van der Waals surface area contributed by atoms with Crippen LogP contribution in [0.15, 0.2) is 60.5 Å². The molecular weight excluding hydrogens is 342 g/mol. The fraction of sp³-hybridized carbons (Fsp3) is 0.167. The van der Waals surface area contributed by atoms with E-state index in [1.165, 1.54) is 0 Å². The van der Waals surface area contributed by atoms with Gasteiger partial charge in [0, 0.05) is 35.9 Å². The Kier molecular flexibility index (Phi) is 7.15. The minimum atomic E-state index is 0.325. The van der Waals surface area contributed by atoms with Crippen LogP contribution in [0.2, 0.25) is 0 Å². The zero-order chi connectivity index (χ0) is 19.6. The Hall–Kier alpha value is -3.59. The number of aromatic nitrogens is 3. The minimum absolute atomic E-state index is 0.325. The first-order valence-electron chi connectivity index (χ1n) is 8.39. The molecule has 0 unspecified atom stereocenters. The summed E-state index contributed by atoms with van der Waals surface area (Å²) in [6.07, 6.45) is 5.13. The number of nitrogens with zero attached hydrogens (tertiary/aromatic N) is 3. The molecule has 0 atom stereocenters. The first-order chi connectivity index (χ1) is 13.0. The highest BCUT2D eigenvalue weighted by Crippen LogP contribution is 2.18. The van der Waals surface area contributed by atoms with Crippen LogP contribution in [0, 0.1) is 0 Å². The van der Waals surface area contributed by atoms with Crippen LogP contribution in [0.25, 0.3) is 0 Å². The van der Waals surface area contributed by atoms with E-state index in [1.807, 2.05) is 19.1 Å². The van der Waals surface area contributed by atoms with Crippen LogP contribution >= 0.6 is 0 Å². The maximum Gasteiger partial charge on any atom is 0.233 e. The van der Waals surface area contributed by atoms with Gasteiger partial charge in [-0.25, -0.2) is 0 Å². The Morgan fingerprint density at radius 3 is 2.59 bits per heavy atom. The fourth-order valence-electron chi connectivity index (χ4n) is 2.03. The lowest BCUT2D eigenvalue weighted by molar-refractivity contribution is 0.971. The van der Waals surface area contributed by atoms with Gasteiger partial charge in [0.05, 0.1) is 0 Å². The third kappa shape index (κ3) is 6.33. The van der Waals surface area contributed by atoms with Crippen molar-refractivity contribution in [2.24, 2.45) is 11.5 Å². The molecule has 9 heteroatoms. The number of nitrogen functional groups attached to an aromatic ring is 1. The average Bonchev–Trinajstić information content (AvgIpc) is 2.65. The summed E-state index contributed by atoms with van der Waals surface area (Å²) in [6, 6.07) is 7.28. The molecule has 142 valence electrons. The summed E-state index contributed by atoms with van der Waals surface area (Å²) in [7, 11) is 0. The summed E-state index contributed by atoms with van der Waals surface area (Å²) in [4.78, 5) is 13.1. The fourth-order valence-corrected chi connectivity index (χ4v) is 2.03. The zero-order valence-electron chi connectivity index (χ0n) is 15.2. The van der Waals surface area contributed by atoms with Crippen LogP contribution in [0.5, 0.6) is 0 Å². The summed E-state index contributed by atoms with van der Waals surface area (Å²) in [6.45, 7) is 6.59. The zero-order valence-corrected chi connectivity index (χ0v) is 15.2. The van der Waals surface area contributed by atoms with E-state index in [0.29, 0.717) is 48.0 Å². The molecule has 0 spiro atoms. The molecule has 1 aromatic heterocycles. The van der Waals surface area contributed by atoms with Crippen molar-refractivity contribution < 1.29 is 0 Å². The SMILES string of the molecule is C=C/C(=C\C(N)=C/C)Nc1nc(NCCN)nc(Nc2cccc(N)c2)n1. The van der Waals surface area contributed by atoms with E-state index >= 15 is 0 Å². The molecule has 9 nitrogen and oxygen atoms in total. The molecule has 2 aromatic rings. The molecular formula is C18H25N9. The van der Waals surface area contributed by atoms with E-state index in [9.17, 15) is 0 Å². The molecule has 0 amide bonds. The molecule has 27 heavy (non-hydrogen) atoms. The molecule has 0 fully saturated rings. The van der Waals surface area contributed by atoms with E-state index in [-0.39, 0.29) is 0 Å². The molecule has 2 rings (SSSR count). The second kappa shape index (κ2) is 9.78. The molecule has 0 saturated heterocycles. The largest absolute Gasteiger partial charge is 0.399 e. The summed E-state index contributed by atoms with van der Waals surface area (Å²) >= 11 is 0. The average molecular weight is 367 g/mol. The topological polar surface area (TPSA) is 153 Å². The van der Waals surface area contributed by atoms with Gasteiger partial charge < -0.3 is 33.2 Å². The lowest BCUT2D eigenvalue weighted by Gasteiger charge is -2.12. The molecule has 9 N–H and O–H groups in total. The first-order valence-corrected chi connectivity index (χ1v) is 8.39. The predicted octanol–water partition coefficient (Wildman–Crippen LogP) is 1.91. The lowest BCUT2D eigenvalue weighted by Crippen LogP contribution is -2.16. The van der Waals surface area contributed by atoms with Crippen LogP contribution in [0.1, 0.15) is 6.92 Å². The van der Waals surface area contributed by atoms with Crippen LogP contribution in [0.3, 0.4) is 0 Å². The quantitative estimate of drug-likeness (QED) is 0.288. The number of hydrogen-bond donors (Lipinski definition) is 6. The Balaban J connectivity index is 2.32. The van der Waals surface area contributed by atoms with Gasteiger partial charge in [-0.2, -0.15) is 15.0 Å². The van der Waals surface area contributed by atoms with Gasteiger partial charge in [0.25, 0.3) is 0 Å². The standard InChI is InChI=1S/C18H25N9/c1-3-12(20)10-14(4-2)23-17-25-16(22-9-8-19)26-18(27-17)24-15-7-5-6-13(21)11-15/h3-7,10-11H,2,8-9,19-21H2,1H3,(H3,22,23,24,25,26,27)/b12-3+,14-10+. The second-order valence-corrected chi connectivity index (χ2v) is 5.49. The Morgan fingerprint density at radius 1 is 1.19 bits per heavy atom. The van der Waals surface area contributed by atoms with E-state index in [4.69, 9.17) is 17.2 Å². The van der Waals surface area contributed by atoms with Gasteiger partial charge in [-0.1, -0.05) is 18.7 Å². The second-order valence-electron chi connectivity index (χ2n) is 5.49. The molecule has 0 aliphatic heterocycles. The minimum Gasteiger partial charge on any atom is -0.399 e. The molecule has 0 aliphatic carbocycles. The number of anilines is 5. The van der Waals surface area contributed by atoms with E-state index in [1.54, 1.807) is 30.4 Å². The van der Waals surface area contributed by atoms with Crippen LogP contribution < -0.4 is 33.2 Å². The van der Waals surface area contributed by atoms with Crippen LogP contribution in [0.4, 0.5) is 29.2 Å². The first kappa shape index (κ1) is 19.7. The van der Waals surface area contributed by atoms with Gasteiger partial charge in [-0.3, -0.25) is 0 Å². The number of nitrogens with one attached hydrogen (secondary N) is 3. The number of allylic oxidation sites excluding steroid dienone is 3.